The molecule has 0 bridgehead atoms. The van der Waals surface area contributed by atoms with Crippen LogP contribution < -0.4 is 5.32 Å². The molecule has 26 heavy (non-hydrogen) atoms. The number of hydrogen-bond acceptors (Lipinski definition) is 4. The molecule has 2 aliphatic rings. The van der Waals surface area contributed by atoms with Gasteiger partial charge < -0.3 is 15.0 Å². The summed E-state index contributed by atoms with van der Waals surface area (Å²) in [6.07, 6.45) is 13.9. The summed E-state index contributed by atoms with van der Waals surface area (Å²) in [6.45, 7) is 13.0. The van der Waals surface area contributed by atoms with Crippen LogP contribution >= 0.6 is 0 Å². The summed E-state index contributed by atoms with van der Waals surface area (Å²) < 4.78 is 5.46. The normalized spacial score (nSPS) is 16.8. The van der Waals surface area contributed by atoms with Crippen molar-refractivity contribution in [1.29, 1.82) is 0 Å². The maximum absolute atomic E-state index is 11.0. The maximum atomic E-state index is 11.0. The van der Waals surface area contributed by atoms with Crippen LogP contribution in [0.15, 0.2) is 48.8 Å². The SMILES string of the molecule is C=CCCOC1=CC=CCC=C1.CC.CNC(=O)CN1CCN(C)CC1. The minimum absolute atomic E-state index is 0.111. The smallest absolute Gasteiger partial charge is 0.233 e. The summed E-state index contributed by atoms with van der Waals surface area (Å²) in [6, 6.07) is 0. The third-order valence-electron chi connectivity index (χ3n) is 3.78. The highest BCUT2D eigenvalue weighted by atomic mass is 16.5. The van der Waals surface area contributed by atoms with Crippen LogP contribution in [0.3, 0.4) is 0 Å². The quantitative estimate of drug-likeness (QED) is 0.582. The summed E-state index contributed by atoms with van der Waals surface area (Å²) in [5, 5.41) is 2.63. The number of amides is 1. The van der Waals surface area contributed by atoms with Gasteiger partial charge in [-0.15, -0.1) is 6.58 Å². The molecule has 5 heteroatoms. The fraction of sp³-hybridized carbons (Fsp3) is 0.571. The molecule has 1 saturated heterocycles. The van der Waals surface area contributed by atoms with E-state index in [9.17, 15) is 4.79 Å². The average molecular weight is 364 g/mol. The van der Waals surface area contributed by atoms with E-state index in [1.165, 1.54) is 0 Å². The summed E-state index contributed by atoms with van der Waals surface area (Å²) in [5.41, 5.74) is 0. The Labute approximate surface area is 160 Å². The van der Waals surface area contributed by atoms with E-state index in [2.05, 4.69) is 40.9 Å². The second-order valence-electron chi connectivity index (χ2n) is 5.81. The largest absolute Gasteiger partial charge is 0.493 e. The molecule has 2 rings (SSSR count). The van der Waals surface area contributed by atoms with Gasteiger partial charge in [0.25, 0.3) is 0 Å². The van der Waals surface area contributed by atoms with Crippen LogP contribution in [0.1, 0.15) is 26.7 Å². The van der Waals surface area contributed by atoms with Crippen molar-refractivity contribution >= 4 is 5.91 Å². The van der Waals surface area contributed by atoms with Gasteiger partial charge in [-0.1, -0.05) is 38.2 Å². The molecule has 0 aromatic heterocycles. The van der Waals surface area contributed by atoms with Gasteiger partial charge in [-0.25, -0.2) is 0 Å². The second-order valence-corrected chi connectivity index (χ2v) is 5.81. The van der Waals surface area contributed by atoms with Gasteiger partial charge in [0, 0.05) is 33.2 Å². The van der Waals surface area contributed by atoms with Gasteiger partial charge in [-0.05, 0) is 32.0 Å². The number of nitrogens with one attached hydrogen (secondary N) is 1. The van der Waals surface area contributed by atoms with Crippen molar-refractivity contribution in [1.82, 2.24) is 15.1 Å². The van der Waals surface area contributed by atoms with Crippen molar-refractivity contribution < 1.29 is 9.53 Å². The number of ether oxygens (including phenoxy) is 1. The highest BCUT2D eigenvalue weighted by Crippen LogP contribution is 2.06. The van der Waals surface area contributed by atoms with Crippen LogP contribution in [0.4, 0.5) is 0 Å². The predicted octanol–water partition coefficient (Wildman–Crippen LogP) is 2.99. The third-order valence-corrected chi connectivity index (χ3v) is 3.78. The highest BCUT2D eigenvalue weighted by Gasteiger charge is 2.15. The molecule has 0 saturated carbocycles. The van der Waals surface area contributed by atoms with E-state index in [0.29, 0.717) is 13.2 Å². The van der Waals surface area contributed by atoms with Crippen LogP contribution in [0.25, 0.3) is 0 Å². The van der Waals surface area contributed by atoms with E-state index in [1.54, 1.807) is 7.05 Å². The fourth-order valence-corrected chi connectivity index (χ4v) is 2.20. The molecular weight excluding hydrogens is 326 g/mol. The van der Waals surface area contributed by atoms with Crippen molar-refractivity contribution in [3.63, 3.8) is 0 Å². The lowest BCUT2D eigenvalue weighted by atomic mass is 10.3. The minimum atomic E-state index is 0.111. The second kappa shape index (κ2) is 16.6. The number of nitrogens with zero attached hydrogens (tertiary/aromatic N) is 2. The first-order valence-electron chi connectivity index (χ1n) is 9.54. The Hall–Kier alpha value is -1.85. The Bertz CT molecular complexity index is 462. The molecule has 1 aliphatic carbocycles. The van der Waals surface area contributed by atoms with Crippen LogP contribution in [0, 0.1) is 0 Å². The van der Waals surface area contributed by atoms with Crippen LogP contribution in [0.5, 0.6) is 0 Å². The highest BCUT2D eigenvalue weighted by molar-refractivity contribution is 5.77. The molecule has 1 aliphatic heterocycles. The van der Waals surface area contributed by atoms with Crippen molar-refractivity contribution in [3.05, 3.63) is 48.8 Å². The molecule has 0 atom stereocenters. The zero-order valence-electron chi connectivity index (χ0n) is 17.0. The molecule has 1 amide bonds. The van der Waals surface area contributed by atoms with Crippen molar-refractivity contribution in [3.8, 4) is 0 Å². The zero-order chi connectivity index (χ0) is 19.6. The van der Waals surface area contributed by atoms with E-state index in [0.717, 1.165) is 44.8 Å². The van der Waals surface area contributed by atoms with E-state index in [-0.39, 0.29) is 5.91 Å². The Kier molecular flexibility index (Phi) is 15.4. The average Bonchev–Trinajstić information content (AvgIpc) is 2.95. The van der Waals surface area contributed by atoms with Crippen molar-refractivity contribution in [2.75, 3.05) is 53.4 Å². The van der Waals surface area contributed by atoms with E-state index >= 15 is 0 Å². The number of rotatable bonds is 6. The third kappa shape index (κ3) is 12.5. The number of piperazine rings is 1. The molecular formula is C21H37N3O2. The first-order chi connectivity index (χ1) is 12.7. The Morgan fingerprint density at radius 1 is 1.27 bits per heavy atom. The molecule has 0 aromatic carbocycles. The standard InChI is InChI=1S/C11H14O.C8H17N3O.C2H6/c1-2-3-10-12-11-8-6-4-5-7-9-11;1-9-8(12)7-11-5-3-10(2)4-6-11;1-2/h2,4,6-9H,1,3,5,10H2;3-7H2,1-2H3,(H,9,12);1-2H3. The molecule has 1 heterocycles. The van der Waals surface area contributed by atoms with Gasteiger partial charge in [0.1, 0.15) is 5.76 Å². The molecule has 1 fully saturated rings. The maximum Gasteiger partial charge on any atom is 0.233 e. The summed E-state index contributed by atoms with van der Waals surface area (Å²) in [4.78, 5) is 15.5. The Balaban J connectivity index is 0.000000439. The van der Waals surface area contributed by atoms with Gasteiger partial charge in [0.2, 0.25) is 5.91 Å². The molecule has 0 spiro atoms. The predicted molar refractivity (Wildman–Crippen MR) is 111 cm³/mol. The van der Waals surface area contributed by atoms with E-state index in [4.69, 9.17) is 4.74 Å². The number of likely N-dealkylation sites (N-methyl/N-ethyl adjacent to an activating group) is 2. The van der Waals surface area contributed by atoms with Gasteiger partial charge in [0.05, 0.1) is 13.2 Å². The lowest BCUT2D eigenvalue weighted by molar-refractivity contribution is -0.122. The van der Waals surface area contributed by atoms with Crippen LogP contribution in [0.2, 0.25) is 0 Å². The van der Waals surface area contributed by atoms with E-state index in [1.807, 2.05) is 38.2 Å². The zero-order valence-corrected chi connectivity index (χ0v) is 17.0. The lowest BCUT2D eigenvalue weighted by Crippen LogP contribution is -2.47. The summed E-state index contributed by atoms with van der Waals surface area (Å²) >= 11 is 0. The van der Waals surface area contributed by atoms with Gasteiger partial charge in [0.15, 0.2) is 0 Å². The molecule has 0 radical (unpaired) electrons. The number of carbonyl (C=O) groups is 1. The molecule has 0 aromatic rings. The number of carbonyl (C=O) groups excluding carboxylic acids is 1. The Morgan fingerprint density at radius 3 is 2.58 bits per heavy atom. The monoisotopic (exact) mass is 363 g/mol. The molecule has 148 valence electrons. The number of hydrogen-bond donors (Lipinski definition) is 1. The summed E-state index contributed by atoms with van der Waals surface area (Å²) in [5.74, 6) is 1.05. The molecule has 5 nitrogen and oxygen atoms in total. The van der Waals surface area contributed by atoms with Gasteiger partial charge in [-0.2, -0.15) is 0 Å². The first kappa shape index (κ1) is 24.1. The van der Waals surface area contributed by atoms with Crippen LogP contribution in [-0.4, -0.2) is 69.1 Å². The molecule has 0 unspecified atom stereocenters. The topological polar surface area (TPSA) is 44.8 Å². The van der Waals surface area contributed by atoms with Crippen LogP contribution in [-0.2, 0) is 9.53 Å². The Morgan fingerprint density at radius 2 is 1.96 bits per heavy atom. The van der Waals surface area contributed by atoms with Gasteiger partial charge >= 0.3 is 0 Å². The lowest BCUT2D eigenvalue weighted by Gasteiger charge is -2.31. The molecule has 1 N–H and O–H groups in total. The first-order valence-corrected chi connectivity index (χ1v) is 9.54. The minimum Gasteiger partial charge on any atom is -0.493 e. The van der Waals surface area contributed by atoms with Gasteiger partial charge in [-0.3, -0.25) is 9.69 Å². The van der Waals surface area contributed by atoms with E-state index < -0.39 is 0 Å². The number of allylic oxidation sites excluding steroid dienone is 5. The van der Waals surface area contributed by atoms with Crippen molar-refractivity contribution in [2.24, 2.45) is 0 Å². The summed E-state index contributed by atoms with van der Waals surface area (Å²) in [7, 11) is 3.79. The van der Waals surface area contributed by atoms with Crippen molar-refractivity contribution in [2.45, 2.75) is 26.7 Å². The fourth-order valence-electron chi connectivity index (χ4n) is 2.20.